The van der Waals surface area contributed by atoms with Crippen molar-refractivity contribution in [3.8, 4) is 33.4 Å². The van der Waals surface area contributed by atoms with Gasteiger partial charge in [-0.1, -0.05) is 144 Å². The summed E-state index contributed by atoms with van der Waals surface area (Å²) in [6, 6.07) is 52.5. The Morgan fingerprint density at radius 1 is 0.589 bits per heavy atom. The van der Waals surface area contributed by atoms with Gasteiger partial charge in [0.25, 0.3) is 0 Å². The fourth-order valence-electron chi connectivity index (χ4n) is 10.5. The molecule has 2 aromatic heterocycles. The third-order valence-corrected chi connectivity index (χ3v) is 13.2. The summed E-state index contributed by atoms with van der Waals surface area (Å²) in [6.07, 6.45) is 0. The van der Waals surface area contributed by atoms with Crippen molar-refractivity contribution >= 4 is 67.8 Å². The first kappa shape index (κ1) is 32.0. The minimum atomic E-state index is -0.158. The Morgan fingerprint density at radius 2 is 1.34 bits per heavy atom. The molecule has 0 unspecified atom stereocenters. The molecular weight excluding hydrogens is 679 g/mol. The predicted octanol–water partition coefficient (Wildman–Crippen LogP) is 12.5. The normalized spacial score (nSPS) is 14.7. The fourth-order valence-corrected chi connectivity index (χ4v) is 10.5. The Balaban J connectivity index is 1.25. The van der Waals surface area contributed by atoms with Crippen LogP contribution in [0, 0.1) is 6.92 Å². The third-order valence-electron chi connectivity index (χ3n) is 13.2. The van der Waals surface area contributed by atoms with Crippen LogP contribution >= 0.6 is 0 Å². The van der Waals surface area contributed by atoms with Gasteiger partial charge in [-0.25, -0.2) is 0 Å². The summed E-state index contributed by atoms with van der Waals surface area (Å²) in [6.45, 7) is 13.9. The average molecular weight is 721 g/mol. The maximum absolute atomic E-state index is 6.96. The molecule has 56 heavy (non-hydrogen) atoms. The van der Waals surface area contributed by atoms with Crippen LogP contribution in [0.3, 0.4) is 0 Å². The minimum absolute atomic E-state index is 0.00640. The van der Waals surface area contributed by atoms with E-state index in [0.29, 0.717) is 0 Å². The number of benzene rings is 7. The van der Waals surface area contributed by atoms with Gasteiger partial charge in [0.1, 0.15) is 5.58 Å². The zero-order valence-electron chi connectivity index (χ0n) is 32.7. The molecule has 1 aliphatic carbocycles. The van der Waals surface area contributed by atoms with E-state index in [-0.39, 0.29) is 17.7 Å². The van der Waals surface area contributed by atoms with Crippen LogP contribution in [0.25, 0.3) is 66.4 Å². The van der Waals surface area contributed by atoms with Crippen molar-refractivity contribution in [2.45, 2.75) is 52.4 Å². The molecule has 2 aliphatic heterocycles. The number of aromatic nitrogens is 1. The first-order valence-electron chi connectivity index (χ1n) is 20.0. The maximum Gasteiger partial charge on any atom is 0.336 e. The van der Waals surface area contributed by atoms with Crippen molar-refractivity contribution in [3.05, 3.63) is 162 Å². The van der Waals surface area contributed by atoms with Gasteiger partial charge in [-0.15, -0.1) is 0 Å². The van der Waals surface area contributed by atoms with E-state index in [1.165, 1.54) is 105 Å². The summed E-state index contributed by atoms with van der Waals surface area (Å²) in [7, 11) is 0. The van der Waals surface area contributed by atoms with E-state index < -0.39 is 0 Å². The standard InChI is InChI=1S/C52H41BN2O/c1-30-25-39-34-19-14-20-36-47-35-18-11-13-22-46(35)56-50(47)55(49(34)36)53-42-28-38-33-17-10-12-21-40(33)52(5,6)41(38)29-44(42)54(45(26-30)48(39)53)43-24-23-32(51(2,3)4)27-37(43)31-15-8-7-9-16-31/h7-29H,1-6H3. The van der Waals surface area contributed by atoms with Crippen LogP contribution in [0.15, 0.2) is 144 Å². The van der Waals surface area contributed by atoms with Crippen molar-refractivity contribution in [2.24, 2.45) is 0 Å². The van der Waals surface area contributed by atoms with Gasteiger partial charge in [0, 0.05) is 44.2 Å². The predicted molar refractivity (Wildman–Crippen MR) is 236 cm³/mol. The van der Waals surface area contributed by atoms with E-state index >= 15 is 0 Å². The van der Waals surface area contributed by atoms with E-state index in [2.05, 4.69) is 190 Å². The topological polar surface area (TPSA) is 21.3 Å². The van der Waals surface area contributed by atoms with E-state index in [0.717, 1.165) is 11.3 Å². The monoisotopic (exact) mass is 720 g/mol. The summed E-state index contributed by atoms with van der Waals surface area (Å²) in [5.74, 6) is 0. The van der Waals surface area contributed by atoms with Gasteiger partial charge in [-0.2, -0.15) is 0 Å². The number of aryl methyl sites for hydroxylation is 1. The molecule has 0 fully saturated rings. The van der Waals surface area contributed by atoms with Gasteiger partial charge in [-0.05, 0) is 98.1 Å². The highest BCUT2D eigenvalue weighted by Gasteiger charge is 2.46. The second-order valence-corrected chi connectivity index (χ2v) is 17.8. The van der Waals surface area contributed by atoms with Gasteiger partial charge in [-0.3, -0.25) is 0 Å². The van der Waals surface area contributed by atoms with Crippen LogP contribution in [0.2, 0.25) is 0 Å². The number of nitrogens with zero attached hydrogens (tertiary/aromatic N) is 2. The Labute approximate surface area is 327 Å². The van der Waals surface area contributed by atoms with Crippen LogP contribution in [0.4, 0.5) is 17.1 Å². The molecule has 3 aliphatic rings. The van der Waals surface area contributed by atoms with Crippen molar-refractivity contribution < 1.29 is 4.42 Å². The van der Waals surface area contributed by atoms with Crippen LogP contribution in [-0.2, 0) is 10.8 Å². The molecule has 0 amide bonds. The van der Waals surface area contributed by atoms with E-state index in [4.69, 9.17) is 4.42 Å². The van der Waals surface area contributed by atoms with Gasteiger partial charge in [0.05, 0.1) is 11.1 Å². The summed E-state index contributed by atoms with van der Waals surface area (Å²) < 4.78 is 9.52. The maximum atomic E-state index is 6.96. The van der Waals surface area contributed by atoms with Crippen LogP contribution < -0.4 is 15.8 Å². The summed E-state index contributed by atoms with van der Waals surface area (Å²) >= 11 is 0. The largest absolute Gasteiger partial charge is 0.441 e. The first-order chi connectivity index (χ1) is 27.1. The molecule has 0 N–H and O–H groups in total. The number of hydrogen-bond acceptors (Lipinski definition) is 2. The molecule has 0 spiro atoms. The Hall–Kier alpha value is -6.26. The molecule has 0 atom stereocenters. The van der Waals surface area contributed by atoms with E-state index in [9.17, 15) is 0 Å². The number of hydrogen-bond donors (Lipinski definition) is 0. The lowest BCUT2D eigenvalue weighted by molar-refractivity contribution is 0.590. The zero-order chi connectivity index (χ0) is 37.8. The first-order valence-corrected chi connectivity index (χ1v) is 20.0. The highest BCUT2D eigenvalue weighted by molar-refractivity contribution is 6.90. The zero-order valence-corrected chi connectivity index (χ0v) is 32.7. The number of para-hydroxylation sites is 2. The van der Waals surface area contributed by atoms with E-state index in [1.54, 1.807) is 0 Å². The number of furan rings is 1. The molecule has 0 bridgehead atoms. The molecule has 0 saturated carbocycles. The molecular formula is C52H41BN2O. The number of fused-ring (bicyclic) bond motifs is 12. The third kappa shape index (κ3) is 4.04. The van der Waals surface area contributed by atoms with Crippen LogP contribution in [-0.4, -0.2) is 11.3 Å². The molecule has 12 rings (SSSR count). The second kappa shape index (κ2) is 10.7. The van der Waals surface area contributed by atoms with Gasteiger partial charge in [0.2, 0.25) is 0 Å². The van der Waals surface area contributed by atoms with Gasteiger partial charge >= 0.3 is 6.85 Å². The lowest BCUT2D eigenvalue weighted by Gasteiger charge is -2.42. The van der Waals surface area contributed by atoms with Crippen molar-refractivity contribution in [2.75, 3.05) is 4.90 Å². The molecule has 4 heterocycles. The van der Waals surface area contributed by atoms with E-state index in [1.807, 2.05) is 0 Å². The smallest absolute Gasteiger partial charge is 0.336 e. The van der Waals surface area contributed by atoms with Crippen molar-refractivity contribution in [1.29, 1.82) is 0 Å². The summed E-state index contributed by atoms with van der Waals surface area (Å²) in [5, 5.41) is 3.61. The lowest BCUT2D eigenvalue weighted by atomic mass is 9.44. The minimum Gasteiger partial charge on any atom is -0.441 e. The quantitative estimate of drug-likeness (QED) is 0.166. The average Bonchev–Trinajstić information content (AvgIpc) is 3.81. The lowest BCUT2D eigenvalue weighted by Crippen LogP contribution is -2.57. The van der Waals surface area contributed by atoms with Crippen molar-refractivity contribution in [1.82, 2.24) is 4.48 Å². The highest BCUT2D eigenvalue weighted by Crippen LogP contribution is 2.54. The van der Waals surface area contributed by atoms with Gasteiger partial charge < -0.3 is 13.8 Å². The van der Waals surface area contributed by atoms with Gasteiger partial charge in [0.15, 0.2) is 5.71 Å². The van der Waals surface area contributed by atoms with Crippen LogP contribution in [0.1, 0.15) is 56.9 Å². The molecule has 0 saturated heterocycles. The number of rotatable bonds is 2. The Morgan fingerprint density at radius 3 is 2.18 bits per heavy atom. The molecule has 7 aromatic carbocycles. The Bertz CT molecular complexity index is 3170. The molecule has 268 valence electrons. The summed E-state index contributed by atoms with van der Waals surface area (Å²) in [5.41, 5.74) is 22.2. The van der Waals surface area contributed by atoms with Crippen LogP contribution in [0.5, 0.6) is 0 Å². The SMILES string of the molecule is Cc1cc2c3c(c1)N(c1ccc(C(C)(C)C)cc1-c1ccccc1)c1cc4c(cc1B3n1c3oc5ccccc5c3c3cccc-2c31)-c1ccccc1C4(C)C. The molecule has 0 radical (unpaired) electrons. The fraction of sp³-hybridized carbons (Fsp3) is 0.154. The molecule has 4 heteroatoms. The number of anilines is 3. The Kier molecular flexibility index (Phi) is 6.14. The molecule has 9 aromatic rings. The summed E-state index contributed by atoms with van der Waals surface area (Å²) in [4.78, 5) is 2.61. The van der Waals surface area contributed by atoms with Crippen molar-refractivity contribution in [3.63, 3.8) is 0 Å². The molecule has 3 nitrogen and oxygen atoms in total. The second-order valence-electron chi connectivity index (χ2n) is 17.8. The highest BCUT2D eigenvalue weighted by atomic mass is 16.3.